The highest BCUT2D eigenvalue weighted by Gasteiger charge is 2.35. The van der Waals surface area contributed by atoms with Gasteiger partial charge in [-0.15, -0.1) is 0 Å². The molecule has 1 aliphatic rings. The number of ketones is 1. The Kier molecular flexibility index (Phi) is 3.90. The van der Waals surface area contributed by atoms with Crippen molar-refractivity contribution in [2.75, 3.05) is 4.90 Å². The molecule has 4 nitrogen and oxygen atoms in total. The van der Waals surface area contributed by atoms with E-state index in [9.17, 15) is 9.59 Å². The minimum Gasteiger partial charge on any atom is -0.479 e. The molecule has 1 amide bonds. The lowest BCUT2D eigenvalue weighted by atomic mass is 10.0. The second-order valence-electron chi connectivity index (χ2n) is 5.79. The van der Waals surface area contributed by atoms with Crippen LogP contribution in [0.2, 0.25) is 0 Å². The molecular formula is C19H19NO3. The number of amides is 1. The Morgan fingerprint density at radius 2 is 1.87 bits per heavy atom. The van der Waals surface area contributed by atoms with Crippen molar-refractivity contribution >= 4 is 17.4 Å². The Morgan fingerprint density at radius 1 is 1.17 bits per heavy atom. The quantitative estimate of drug-likeness (QED) is 0.811. The third-order valence-corrected chi connectivity index (χ3v) is 4.18. The Bertz CT molecular complexity index is 754. The first-order valence-corrected chi connectivity index (χ1v) is 7.68. The lowest BCUT2D eigenvalue weighted by Crippen LogP contribution is -2.45. The summed E-state index contributed by atoms with van der Waals surface area (Å²) in [5, 5.41) is 0. The first-order chi connectivity index (χ1) is 11.0. The molecule has 1 aliphatic heterocycles. The Hall–Kier alpha value is -2.62. The minimum atomic E-state index is -0.545. The van der Waals surface area contributed by atoms with E-state index in [1.165, 1.54) is 6.92 Å². The van der Waals surface area contributed by atoms with Crippen molar-refractivity contribution in [3.63, 3.8) is 0 Å². The lowest BCUT2D eigenvalue weighted by Gasteiger charge is -2.37. The zero-order chi connectivity index (χ0) is 16.6. The molecule has 3 rings (SSSR count). The van der Waals surface area contributed by atoms with Crippen molar-refractivity contribution in [2.45, 2.75) is 32.9 Å². The Morgan fingerprint density at radius 3 is 2.52 bits per heavy atom. The number of nitrogens with zero attached hydrogens (tertiary/aromatic N) is 1. The zero-order valence-electron chi connectivity index (χ0n) is 13.4. The van der Waals surface area contributed by atoms with E-state index in [1.54, 1.807) is 30.0 Å². The van der Waals surface area contributed by atoms with Crippen molar-refractivity contribution < 1.29 is 14.3 Å². The van der Waals surface area contributed by atoms with E-state index >= 15 is 0 Å². The topological polar surface area (TPSA) is 46.6 Å². The summed E-state index contributed by atoms with van der Waals surface area (Å²) in [4.78, 5) is 26.1. The van der Waals surface area contributed by atoms with E-state index in [0.29, 0.717) is 17.0 Å². The number of hydrogen-bond acceptors (Lipinski definition) is 3. The van der Waals surface area contributed by atoms with E-state index < -0.39 is 6.10 Å². The summed E-state index contributed by atoms with van der Waals surface area (Å²) >= 11 is 0. The molecule has 118 valence electrons. The predicted molar refractivity (Wildman–Crippen MR) is 88.9 cm³/mol. The van der Waals surface area contributed by atoms with Gasteiger partial charge in [-0.25, -0.2) is 0 Å². The zero-order valence-corrected chi connectivity index (χ0v) is 13.4. The van der Waals surface area contributed by atoms with Gasteiger partial charge in [0.2, 0.25) is 0 Å². The number of ether oxygens (including phenoxy) is 1. The van der Waals surface area contributed by atoms with Gasteiger partial charge in [0, 0.05) is 5.56 Å². The number of Topliss-reactive ketones (excluding diaryl/α,β-unsaturated/α-hetero) is 1. The molecule has 0 aliphatic carbocycles. The van der Waals surface area contributed by atoms with Gasteiger partial charge >= 0.3 is 0 Å². The highest BCUT2D eigenvalue weighted by atomic mass is 16.5. The number of rotatable bonds is 3. The summed E-state index contributed by atoms with van der Waals surface area (Å²) in [5.41, 5.74) is 2.26. The maximum Gasteiger partial charge on any atom is 0.268 e. The maximum atomic E-state index is 12.7. The van der Waals surface area contributed by atoms with Crippen molar-refractivity contribution in [2.24, 2.45) is 0 Å². The molecule has 2 atom stereocenters. The smallest absolute Gasteiger partial charge is 0.268 e. The van der Waals surface area contributed by atoms with E-state index in [4.69, 9.17) is 4.74 Å². The first-order valence-electron chi connectivity index (χ1n) is 7.68. The molecule has 0 saturated carbocycles. The molecule has 2 aromatic carbocycles. The summed E-state index contributed by atoms with van der Waals surface area (Å²) in [6.45, 7) is 5.24. The van der Waals surface area contributed by atoms with Gasteiger partial charge in [-0.05, 0) is 44.5 Å². The normalized spacial score (nSPS) is 18.1. The van der Waals surface area contributed by atoms with Crippen LogP contribution in [0, 0.1) is 0 Å². The fourth-order valence-electron chi connectivity index (χ4n) is 2.86. The van der Waals surface area contributed by atoms with E-state index in [2.05, 4.69) is 0 Å². The second kappa shape index (κ2) is 5.88. The number of carbonyl (C=O) groups is 2. The van der Waals surface area contributed by atoms with Crippen LogP contribution >= 0.6 is 0 Å². The fourth-order valence-corrected chi connectivity index (χ4v) is 2.86. The van der Waals surface area contributed by atoms with Gasteiger partial charge in [0.1, 0.15) is 5.75 Å². The molecule has 0 aromatic heterocycles. The van der Waals surface area contributed by atoms with Crippen molar-refractivity contribution in [1.82, 2.24) is 0 Å². The van der Waals surface area contributed by atoms with Gasteiger partial charge in [-0.2, -0.15) is 0 Å². The van der Waals surface area contributed by atoms with Crippen LogP contribution in [0.15, 0.2) is 48.5 Å². The highest BCUT2D eigenvalue weighted by molar-refractivity contribution is 6.03. The van der Waals surface area contributed by atoms with E-state index in [0.717, 1.165) is 5.56 Å². The minimum absolute atomic E-state index is 0.0359. The second-order valence-corrected chi connectivity index (χ2v) is 5.79. The average molecular weight is 309 g/mol. The van der Waals surface area contributed by atoms with Crippen LogP contribution in [-0.2, 0) is 4.79 Å². The van der Waals surface area contributed by atoms with Gasteiger partial charge < -0.3 is 4.74 Å². The fraction of sp³-hybridized carbons (Fsp3) is 0.263. The van der Waals surface area contributed by atoms with Gasteiger partial charge in [0.25, 0.3) is 5.91 Å². The Balaban J connectivity index is 2.10. The summed E-state index contributed by atoms with van der Waals surface area (Å²) < 4.78 is 5.69. The molecule has 0 radical (unpaired) electrons. The van der Waals surface area contributed by atoms with E-state index in [-0.39, 0.29) is 17.7 Å². The molecule has 23 heavy (non-hydrogen) atoms. The molecule has 0 bridgehead atoms. The summed E-state index contributed by atoms with van der Waals surface area (Å²) in [6.07, 6.45) is -0.545. The number of hydrogen-bond donors (Lipinski definition) is 0. The number of benzene rings is 2. The largest absolute Gasteiger partial charge is 0.479 e. The number of fused-ring (bicyclic) bond motifs is 1. The standard InChI is InChI=1S/C19H19NO3/c1-12(15-7-5-4-6-8-15)20-17-11-16(13(2)21)9-10-18(17)23-14(3)19(20)22/h4-12,14H,1-3H3. The molecule has 0 spiro atoms. The van der Waals surface area contributed by atoms with Crippen molar-refractivity contribution in [3.05, 3.63) is 59.7 Å². The molecule has 0 fully saturated rings. The summed E-state index contributed by atoms with van der Waals surface area (Å²) in [5.74, 6) is 0.491. The van der Waals surface area contributed by atoms with Crippen molar-refractivity contribution in [1.29, 1.82) is 0 Å². The third kappa shape index (κ3) is 2.72. The molecule has 0 saturated heterocycles. The van der Waals surface area contributed by atoms with Gasteiger partial charge in [-0.1, -0.05) is 30.3 Å². The first kappa shape index (κ1) is 15.3. The van der Waals surface area contributed by atoms with Crippen LogP contribution in [0.5, 0.6) is 5.75 Å². The van der Waals surface area contributed by atoms with Crippen molar-refractivity contribution in [3.8, 4) is 5.75 Å². The maximum absolute atomic E-state index is 12.7. The van der Waals surface area contributed by atoms with E-state index in [1.807, 2.05) is 37.3 Å². The van der Waals surface area contributed by atoms with Crippen LogP contribution in [0.3, 0.4) is 0 Å². The SMILES string of the molecule is CC(=O)c1ccc2c(c1)N(C(C)c1ccccc1)C(=O)C(C)O2. The van der Waals surface area contributed by atoms with Crippen LogP contribution in [-0.4, -0.2) is 17.8 Å². The average Bonchev–Trinajstić information content (AvgIpc) is 2.56. The monoisotopic (exact) mass is 309 g/mol. The third-order valence-electron chi connectivity index (χ3n) is 4.18. The Labute approximate surface area is 135 Å². The molecule has 1 heterocycles. The lowest BCUT2D eigenvalue weighted by molar-refractivity contribution is -0.126. The molecule has 0 N–H and O–H groups in total. The number of anilines is 1. The van der Waals surface area contributed by atoms with Gasteiger partial charge in [0.15, 0.2) is 11.9 Å². The molecule has 2 aromatic rings. The van der Waals surface area contributed by atoms with Crippen LogP contribution in [0.25, 0.3) is 0 Å². The predicted octanol–water partition coefficient (Wildman–Crippen LogP) is 3.76. The molecule has 2 unspecified atom stereocenters. The molecular weight excluding hydrogens is 290 g/mol. The molecule has 4 heteroatoms. The van der Waals surface area contributed by atoms with Gasteiger partial charge in [0.05, 0.1) is 11.7 Å². The van der Waals surface area contributed by atoms with Crippen LogP contribution in [0.1, 0.15) is 42.7 Å². The van der Waals surface area contributed by atoms with Gasteiger partial charge in [-0.3, -0.25) is 14.5 Å². The highest BCUT2D eigenvalue weighted by Crippen LogP contribution is 2.39. The van der Waals surface area contributed by atoms with Crippen LogP contribution < -0.4 is 9.64 Å². The summed E-state index contributed by atoms with van der Waals surface area (Å²) in [6, 6.07) is 14.9. The summed E-state index contributed by atoms with van der Waals surface area (Å²) in [7, 11) is 0. The number of carbonyl (C=O) groups excluding carboxylic acids is 2. The van der Waals surface area contributed by atoms with Crippen LogP contribution in [0.4, 0.5) is 5.69 Å².